The minimum absolute atomic E-state index is 0.0681. The highest BCUT2D eigenvalue weighted by atomic mass is 14.9. The van der Waals surface area contributed by atoms with Crippen molar-refractivity contribution in [2.24, 2.45) is 18.2 Å². The first-order chi connectivity index (χ1) is 7.41. The maximum Gasteiger partial charge on any atom is 0.0481 e. The third-order valence-electron chi connectivity index (χ3n) is 3.20. The number of fused-ring (bicyclic) bond motifs is 1. The lowest BCUT2D eigenvalue weighted by atomic mass is 9.83. The van der Waals surface area contributed by atoms with Gasteiger partial charge < -0.3 is 10.3 Å². The van der Waals surface area contributed by atoms with Crippen LogP contribution in [0.25, 0.3) is 10.9 Å². The maximum absolute atomic E-state index is 6.34. The third-order valence-corrected chi connectivity index (χ3v) is 3.20. The topological polar surface area (TPSA) is 30.9 Å². The molecule has 16 heavy (non-hydrogen) atoms. The standard InChI is InChI=1S/C14H20N2/c1-14(2,3)13(15)11-9-16(4)12-8-6-5-7-10(11)12/h5-9,13H,15H2,1-4H3/t13-/m0/s1. The molecule has 0 aliphatic heterocycles. The fraction of sp³-hybridized carbons (Fsp3) is 0.429. The van der Waals surface area contributed by atoms with Gasteiger partial charge in [0.25, 0.3) is 0 Å². The predicted molar refractivity (Wildman–Crippen MR) is 69.3 cm³/mol. The second kappa shape index (κ2) is 3.63. The summed E-state index contributed by atoms with van der Waals surface area (Å²) < 4.78 is 2.15. The van der Waals surface area contributed by atoms with Crippen LogP contribution in [0, 0.1) is 5.41 Å². The van der Waals surface area contributed by atoms with Gasteiger partial charge in [-0.1, -0.05) is 39.0 Å². The van der Waals surface area contributed by atoms with Gasteiger partial charge in [0, 0.05) is 30.2 Å². The van der Waals surface area contributed by atoms with E-state index < -0.39 is 0 Å². The molecule has 1 heterocycles. The summed E-state index contributed by atoms with van der Waals surface area (Å²) >= 11 is 0. The van der Waals surface area contributed by atoms with E-state index in [1.807, 2.05) is 0 Å². The third kappa shape index (κ3) is 1.74. The summed E-state index contributed by atoms with van der Waals surface area (Å²) in [6, 6.07) is 8.49. The summed E-state index contributed by atoms with van der Waals surface area (Å²) in [4.78, 5) is 0. The van der Waals surface area contributed by atoms with Gasteiger partial charge >= 0.3 is 0 Å². The van der Waals surface area contributed by atoms with E-state index in [4.69, 9.17) is 5.73 Å². The van der Waals surface area contributed by atoms with Gasteiger partial charge in [0.05, 0.1) is 0 Å². The molecule has 2 aromatic rings. The SMILES string of the molecule is Cn1cc([C@H](N)C(C)(C)C)c2ccccc21. The van der Waals surface area contributed by atoms with Crippen LogP contribution < -0.4 is 5.73 Å². The number of aromatic nitrogens is 1. The van der Waals surface area contributed by atoms with Gasteiger partial charge in [0.15, 0.2) is 0 Å². The lowest BCUT2D eigenvalue weighted by Crippen LogP contribution is -2.26. The number of para-hydroxylation sites is 1. The molecule has 0 amide bonds. The number of nitrogens with zero attached hydrogens (tertiary/aromatic N) is 1. The van der Waals surface area contributed by atoms with Crippen molar-refractivity contribution in [1.82, 2.24) is 4.57 Å². The van der Waals surface area contributed by atoms with Crippen molar-refractivity contribution in [3.63, 3.8) is 0 Å². The van der Waals surface area contributed by atoms with E-state index in [0.29, 0.717) is 0 Å². The zero-order valence-electron chi connectivity index (χ0n) is 10.5. The minimum Gasteiger partial charge on any atom is -0.350 e. The van der Waals surface area contributed by atoms with Crippen LogP contribution in [0.15, 0.2) is 30.5 Å². The van der Waals surface area contributed by atoms with E-state index in [1.165, 1.54) is 16.5 Å². The summed E-state index contributed by atoms with van der Waals surface area (Å²) in [6.07, 6.45) is 2.15. The average molecular weight is 216 g/mol. The van der Waals surface area contributed by atoms with E-state index in [2.05, 4.69) is 62.8 Å². The van der Waals surface area contributed by atoms with Gasteiger partial charge in [-0.25, -0.2) is 0 Å². The molecule has 0 fully saturated rings. The Hall–Kier alpha value is -1.28. The first kappa shape index (κ1) is 11.2. The number of hydrogen-bond acceptors (Lipinski definition) is 1. The summed E-state index contributed by atoms with van der Waals surface area (Å²) in [5, 5.41) is 1.27. The molecular formula is C14H20N2. The lowest BCUT2D eigenvalue weighted by molar-refractivity contribution is 0.328. The molecule has 0 aliphatic rings. The van der Waals surface area contributed by atoms with Gasteiger partial charge in [0.1, 0.15) is 0 Å². The van der Waals surface area contributed by atoms with Crippen molar-refractivity contribution in [2.45, 2.75) is 26.8 Å². The van der Waals surface area contributed by atoms with Crippen molar-refractivity contribution >= 4 is 10.9 Å². The highest BCUT2D eigenvalue weighted by Gasteiger charge is 2.24. The number of aryl methyl sites for hydroxylation is 1. The molecule has 1 aromatic heterocycles. The lowest BCUT2D eigenvalue weighted by Gasteiger charge is -2.26. The van der Waals surface area contributed by atoms with E-state index in [9.17, 15) is 0 Å². The van der Waals surface area contributed by atoms with Crippen molar-refractivity contribution < 1.29 is 0 Å². The maximum atomic E-state index is 6.34. The fourth-order valence-electron chi connectivity index (χ4n) is 2.09. The Morgan fingerprint density at radius 2 is 1.81 bits per heavy atom. The number of hydrogen-bond donors (Lipinski definition) is 1. The Labute approximate surface area is 97.1 Å². The van der Waals surface area contributed by atoms with E-state index in [1.54, 1.807) is 0 Å². The molecular weight excluding hydrogens is 196 g/mol. The Bertz CT molecular complexity index is 503. The van der Waals surface area contributed by atoms with E-state index >= 15 is 0 Å². The van der Waals surface area contributed by atoms with Crippen molar-refractivity contribution in [3.8, 4) is 0 Å². The van der Waals surface area contributed by atoms with Gasteiger partial charge in [0.2, 0.25) is 0 Å². The zero-order chi connectivity index (χ0) is 11.9. The largest absolute Gasteiger partial charge is 0.350 e. The summed E-state index contributed by atoms with van der Waals surface area (Å²) in [7, 11) is 2.07. The first-order valence-electron chi connectivity index (χ1n) is 5.71. The quantitative estimate of drug-likeness (QED) is 0.779. The van der Waals surface area contributed by atoms with Gasteiger partial charge in [-0.15, -0.1) is 0 Å². The average Bonchev–Trinajstić information content (AvgIpc) is 2.55. The van der Waals surface area contributed by atoms with Crippen LogP contribution in [0.3, 0.4) is 0 Å². The van der Waals surface area contributed by atoms with Crippen LogP contribution in [0.4, 0.5) is 0 Å². The molecule has 0 saturated heterocycles. The van der Waals surface area contributed by atoms with Crippen molar-refractivity contribution in [1.29, 1.82) is 0 Å². The van der Waals surface area contributed by atoms with E-state index in [0.717, 1.165) is 0 Å². The molecule has 1 aromatic carbocycles. The second-order valence-electron chi connectivity index (χ2n) is 5.56. The number of nitrogens with two attached hydrogens (primary N) is 1. The Kier molecular flexibility index (Phi) is 2.55. The molecule has 0 radical (unpaired) electrons. The number of benzene rings is 1. The molecule has 2 rings (SSSR count). The van der Waals surface area contributed by atoms with Crippen molar-refractivity contribution in [2.75, 3.05) is 0 Å². The molecule has 0 aliphatic carbocycles. The molecule has 0 spiro atoms. The van der Waals surface area contributed by atoms with Gasteiger partial charge in [-0.05, 0) is 17.0 Å². The van der Waals surface area contributed by atoms with Gasteiger partial charge in [-0.2, -0.15) is 0 Å². The van der Waals surface area contributed by atoms with Gasteiger partial charge in [-0.3, -0.25) is 0 Å². The molecule has 0 saturated carbocycles. The predicted octanol–water partition coefficient (Wildman–Crippen LogP) is 3.22. The molecule has 0 unspecified atom stereocenters. The summed E-state index contributed by atoms with van der Waals surface area (Å²) in [6.45, 7) is 6.54. The van der Waals surface area contributed by atoms with Crippen LogP contribution in [0.1, 0.15) is 32.4 Å². The molecule has 2 N–H and O–H groups in total. The normalized spacial score (nSPS) is 14.3. The van der Waals surface area contributed by atoms with Crippen LogP contribution in [0.2, 0.25) is 0 Å². The highest BCUT2D eigenvalue weighted by Crippen LogP contribution is 2.35. The number of rotatable bonds is 1. The van der Waals surface area contributed by atoms with E-state index in [-0.39, 0.29) is 11.5 Å². The molecule has 1 atom stereocenters. The molecule has 86 valence electrons. The fourth-order valence-corrected chi connectivity index (χ4v) is 2.09. The summed E-state index contributed by atoms with van der Waals surface area (Å²) in [5.74, 6) is 0. The highest BCUT2D eigenvalue weighted by molar-refractivity contribution is 5.84. The Morgan fingerprint density at radius 3 is 2.44 bits per heavy atom. The zero-order valence-corrected chi connectivity index (χ0v) is 10.5. The Morgan fingerprint density at radius 1 is 1.19 bits per heavy atom. The Balaban J connectivity index is 2.62. The van der Waals surface area contributed by atoms with Crippen LogP contribution in [-0.2, 0) is 7.05 Å². The summed E-state index contributed by atoms with van der Waals surface area (Å²) in [5.41, 5.74) is 8.91. The smallest absolute Gasteiger partial charge is 0.0481 e. The minimum atomic E-state index is 0.0681. The van der Waals surface area contributed by atoms with Crippen LogP contribution in [-0.4, -0.2) is 4.57 Å². The van der Waals surface area contributed by atoms with Crippen molar-refractivity contribution in [3.05, 3.63) is 36.0 Å². The molecule has 0 bridgehead atoms. The molecule has 2 nitrogen and oxygen atoms in total. The first-order valence-corrected chi connectivity index (χ1v) is 5.71. The monoisotopic (exact) mass is 216 g/mol. The molecule has 2 heteroatoms. The van der Waals surface area contributed by atoms with Crippen LogP contribution in [0.5, 0.6) is 0 Å². The van der Waals surface area contributed by atoms with Crippen LogP contribution >= 0.6 is 0 Å². The second-order valence-corrected chi connectivity index (χ2v) is 5.56.